The molecule has 2 heterocycles. The van der Waals surface area contributed by atoms with Crippen LogP contribution in [0.4, 0.5) is 0 Å². The molecule has 2 aromatic rings. The highest BCUT2D eigenvalue weighted by Crippen LogP contribution is 2.22. The largest absolute Gasteiger partial charge is 0.489 e. The molecular weight excluding hydrogens is 546 g/mol. The van der Waals surface area contributed by atoms with Gasteiger partial charge >= 0.3 is 0 Å². The van der Waals surface area contributed by atoms with Crippen LogP contribution in [0, 0.1) is 0 Å². The average molecular weight is 596 g/mol. The summed E-state index contributed by atoms with van der Waals surface area (Å²) in [5, 5.41) is 1.04. The van der Waals surface area contributed by atoms with E-state index in [-0.39, 0.29) is 0 Å². The minimum Gasteiger partial charge on any atom is -0.489 e. The number of ether oxygens (including phenoxy) is 10. The zero-order chi connectivity index (χ0) is 29.4. The van der Waals surface area contributed by atoms with Gasteiger partial charge < -0.3 is 47.4 Å². The summed E-state index contributed by atoms with van der Waals surface area (Å²) in [6, 6.07) is 9.81. The van der Waals surface area contributed by atoms with Crippen molar-refractivity contribution in [3.8, 4) is 5.75 Å². The van der Waals surface area contributed by atoms with Crippen LogP contribution in [0.15, 0.2) is 36.5 Å². The van der Waals surface area contributed by atoms with Crippen LogP contribution in [-0.2, 0) is 42.6 Å². The number of fused-ring (bicyclic) bond motifs is 1. The highest BCUT2D eigenvalue weighted by Gasteiger charge is 2.33. The third-order valence-corrected chi connectivity index (χ3v) is 6.31. The molecule has 1 aromatic heterocycles. The molecule has 0 N–H and O–H groups in total. The maximum atomic E-state index is 6.36. The van der Waals surface area contributed by atoms with Gasteiger partial charge in [-0.1, -0.05) is 31.5 Å². The lowest BCUT2D eigenvalue weighted by Gasteiger charge is -2.33. The Bertz CT molecular complexity index is 908. The van der Waals surface area contributed by atoms with E-state index in [2.05, 4.69) is 11.9 Å². The van der Waals surface area contributed by atoms with E-state index < -0.39 is 5.60 Å². The van der Waals surface area contributed by atoms with Gasteiger partial charge in [0, 0.05) is 18.2 Å². The van der Waals surface area contributed by atoms with Crippen molar-refractivity contribution in [3.63, 3.8) is 0 Å². The minimum atomic E-state index is -0.794. The number of unbranched alkanes of at least 4 members (excludes halogenated alkanes) is 1. The van der Waals surface area contributed by atoms with Crippen molar-refractivity contribution in [2.45, 2.75) is 25.4 Å². The summed E-state index contributed by atoms with van der Waals surface area (Å²) in [5.41, 5.74) is 0.0459. The predicted molar refractivity (Wildman–Crippen MR) is 157 cm³/mol. The molecule has 11 heteroatoms. The quantitative estimate of drug-likeness (QED) is 0.319. The van der Waals surface area contributed by atoms with Crippen molar-refractivity contribution in [2.24, 2.45) is 0 Å². The molecule has 0 radical (unpaired) electrons. The first-order chi connectivity index (χ1) is 20.8. The van der Waals surface area contributed by atoms with E-state index in [4.69, 9.17) is 47.4 Å². The molecule has 1 aliphatic heterocycles. The number of nitrogens with zero attached hydrogens (tertiary/aromatic N) is 1. The van der Waals surface area contributed by atoms with Gasteiger partial charge in [-0.3, -0.25) is 4.98 Å². The summed E-state index contributed by atoms with van der Waals surface area (Å²) < 4.78 is 58.3. The van der Waals surface area contributed by atoms with Crippen LogP contribution in [0.3, 0.4) is 0 Å². The smallest absolute Gasteiger partial charge is 0.145 e. The molecule has 42 heavy (non-hydrogen) atoms. The Morgan fingerprint density at radius 2 is 1.26 bits per heavy atom. The number of aromatic nitrogens is 1. The molecule has 3 rings (SSSR count). The number of pyridine rings is 1. The van der Waals surface area contributed by atoms with E-state index in [0.29, 0.717) is 119 Å². The molecule has 0 atom stereocenters. The van der Waals surface area contributed by atoms with Crippen molar-refractivity contribution in [3.05, 3.63) is 36.5 Å². The van der Waals surface area contributed by atoms with Crippen LogP contribution in [0.2, 0.25) is 0 Å². The number of para-hydroxylation sites is 1. The van der Waals surface area contributed by atoms with Gasteiger partial charge in [-0.2, -0.15) is 0 Å². The lowest BCUT2D eigenvalue weighted by atomic mass is 10.1. The second-order valence-corrected chi connectivity index (χ2v) is 9.78. The first-order valence-electron chi connectivity index (χ1n) is 15.1. The number of rotatable bonds is 13. The summed E-state index contributed by atoms with van der Waals surface area (Å²) >= 11 is 0. The summed E-state index contributed by atoms with van der Waals surface area (Å²) in [6.07, 6.45) is 3.78. The Balaban J connectivity index is 1.46. The van der Waals surface area contributed by atoms with Crippen molar-refractivity contribution < 1.29 is 47.4 Å². The molecule has 1 fully saturated rings. The van der Waals surface area contributed by atoms with E-state index >= 15 is 0 Å². The Morgan fingerprint density at radius 3 is 1.90 bits per heavy atom. The van der Waals surface area contributed by atoms with Gasteiger partial charge in [-0.05, 0) is 18.6 Å². The molecule has 0 aliphatic carbocycles. The lowest BCUT2D eigenvalue weighted by molar-refractivity contribution is -0.176. The first-order valence-corrected chi connectivity index (χ1v) is 15.1. The fourth-order valence-electron chi connectivity index (χ4n) is 4.09. The van der Waals surface area contributed by atoms with Gasteiger partial charge in [-0.25, -0.2) is 0 Å². The third kappa shape index (κ3) is 14.5. The van der Waals surface area contributed by atoms with E-state index in [1.54, 1.807) is 6.20 Å². The summed E-state index contributed by atoms with van der Waals surface area (Å²) in [4.78, 5) is 4.42. The molecule has 0 bridgehead atoms. The molecule has 0 unspecified atom stereocenters. The van der Waals surface area contributed by atoms with Gasteiger partial charge in [0.05, 0.1) is 106 Å². The SMILES string of the molecule is CCCCOCC1(OCCOCCOc2cccc3cccnc23)COCCOCCOCCOCCOCCOC1. The average Bonchev–Trinajstić information content (AvgIpc) is 3.02. The Labute approximate surface area is 249 Å². The van der Waals surface area contributed by atoms with Crippen molar-refractivity contribution in [2.75, 3.05) is 119 Å². The van der Waals surface area contributed by atoms with Crippen LogP contribution in [0.5, 0.6) is 5.75 Å². The standard InChI is InChI=1S/C31H49NO10/c1-2-3-10-38-25-31(26-39-19-17-35-15-13-33-11-12-34-14-16-36-18-20-40-27-31)42-24-22-37-21-23-41-29-8-4-6-28-7-5-9-32-30(28)29/h4-9H,2-3,10-27H2,1H3. The second kappa shape index (κ2) is 22.6. The summed E-state index contributed by atoms with van der Waals surface area (Å²) in [5.74, 6) is 0.742. The zero-order valence-electron chi connectivity index (χ0n) is 25.1. The molecule has 1 aromatic carbocycles. The molecule has 1 saturated heterocycles. The molecular formula is C31H49NO10. The molecule has 11 nitrogen and oxygen atoms in total. The van der Waals surface area contributed by atoms with Gasteiger partial charge in [0.15, 0.2) is 0 Å². The van der Waals surface area contributed by atoms with Gasteiger partial charge in [0.1, 0.15) is 23.5 Å². The van der Waals surface area contributed by atoms with E-state index in [9.17, 15) is 0 Å². The maximum absolute atomic E-state index is 6.36. The number of hydrogen-bond acceptors (Lipinski definition) is 11. The predicted octanol–water partition coefficient (Wildman–Crippen LogP) is 3.32. The van der Waals surface area contributed by atoms with Crippen molar-refractivity contribution in [1.29, 1.82) is 0 Å². The molecule has 0 spiro atoms. The van der Waals surface area contributed by atoms with Crippen LogP contribution in [-0.4, -0.2) is 130 Å². The second-order valence-electron chi connectivity index (χ2n) is 9.78. The minimum absolute atomic E-state index is 0.297. The topological polar surface area (TPSA) is 105 Å². The van der Waals surface area contributed by atoms with Crippen LogP contribution in [0.25, 0.3) is 10.9 Å². The maximum Gasteiger partial charge on any atom is 0.145 e. The van der Waals surface area contributed by atoms with Crippen LogP contribution >= 0.6 is 0 Å². The van der Waals surface area contributed by atoms with Crippen LogP contribution < -0.4 is 4.74 Å². The highest BCUT2D eigenvalue weighted by molar-refractivity contribution is 5.84. The van der Waals surface area contributed by atoms with E-state index in [0.717, 1.165) is 29.5 Å². The molecule has 0 saturated carbocycles. The highest BCUT2D eigenvalue weighted by atomic mass is 16.6. The molecule has 1 aliphatic rings. The van der Waals surface area contributed by atoms with Crippen LogP contribution in [0.1, 0.15) is 19.8 Å². The van der Waals surface area contributed by atoms with Crippen molar-refractivity contribution in [1.82, 2.24) is 4.98 Å². The molecule has 238 valence electrons. The van der Waals surface area contributed by atoms with E-state index in [1.165, 1.54) is 0 Å². The monoisotopic (exact) mass is 595 g/mol. The van der Waals surface area contributed by atoms with Gasteiger partial charge in [-0.15, -0.1) is 0 Å². The number of hydrogen-bond donors (Lipinski definition) is 0. The fourth-order valence-corrected chi connectivity index (χ4v) is 4.09. The zero-order valence-corrected chi connectivity index (χ0v) is 25.1. The molecule has 0 amide bonds. The Kier molecular flexibility index (Phi) is 18.6. The number of benzene rings is 1. The third-order valence-electron chi connectivity index (χ3n) is 6.31. The fraction of sp³-hybridized carbons (Fsp3) is 0.710. The van der Waals surface area contributed by atoms with Gasteiger partial charge in [0.2, 0.25) is 0 Å². The Hall–Kier alpha value is -1.93. The normalized spacial score (nSPS) is 18.6. The summed E-state index contributed by atoms with van der Waals surface area (Å²) in [6.45, 7) is 10.1. The Morgan fingerprint density at radius 1 is 0.667 bits per heavy atom. The first kappa shape index (κ1) is 34.6. The van der Waals surface area contributed by atoms with Crippen molar-refractivity contribution >= 4 is 10.9 Å². The summed E-state index contributed by atoms with van der Waals surface area (Å²) in [7, 11) is 0. The van der Waals surface area contributed by atoms with Gasteiger partial charge in [0.25, 0.3) is 0 Å². The lowest BCUT2D eigenvalue weighted by Crippen LogP contribution is -2.48. The van der Waals surface area contributed by atoms with E-state index in [1.807, 2.05) is 30.3 Å².